The Kier molecular flexibility index (Phi) is 9.50. The van der Waals surface area contributed by atoms with Gasteiger partial charge >= 0.3 is 13.8 Å². The predicted molar refractivity (Wildman–Crippen MR) is 67.6 cm³/mol. The third-order valence-electron chi connectivity index (χ3n) is 1.86. The van der Waals surface area contributed by atoms with E-state index in [-0.39, 0.29) is 12.1 Å². The van der Waals surface area contributed by atoms with Gasteiger partial charge in [-0.3, -0.25) is 4.79 Å². The Hall–Kier alpha value is -0.460. The Morgan fingerprint density at radius 3 is 2.06 bits per heavy atom. The number of unbranched alkanes of at least 4 members (excludes halogenated alkanes) is 1. The highest BCUT2D eigenvalue weighted by Crippen LogP contribution is 2.25. The van der Waals surface area contributed by atoms with Gasteiger partial charge in [0.25, 0.3) is 0 Å². The van der Waals surface area contributed by atoms with Crippen LogP contribution in [-0.2, 0) is 14.1 Å². The van der Waals surface area contributed by atoms with Crippen LogP contribution in [0.1, 0.15) is 47.0 Å². The third-order valence-corrected chi connectivity index (χ3v) is 1.86. The fourth-order valence-corrected chi connectivity index (χ4v) is 0.995. The van der Waals surface area contributed by atoms with Gasteiger partial charge in [0, 0.05) is 0 Å². The molecule has 0 aromatic carbocycles. The number of rotatable bonds is 5. The van der Waals surface area contributed by atoms with Crippen molar-refractivity contribution in [3.8, 4) is 0 Å². The summed E-state index contributed by atoms with van der Waals surface area (Å²) < 4.78 is 13.9. The molecule has 5 N–H and O–H groups in total. The maximum Gasteiger partial charge on any atom is 0.466 e. The molecular formula is C10H24NO6P. The van der Waals surface area contributed by atoms with E-state index in [1.54, 1.807) is 6.92 Å². The first-order valence-electron chi connectivity index (χ1n) is 5.68. The summed E-state index contributed by atoms with van der Waals surface area (Å²) in [6.45, 7) is 7.46. The van der Waals surface area contributed by atoms with Crippen molar-refractivity contribution in [2.45, 2.75) is 58.6 Å². The van der Waals surface area contributed by atoms with Crippen LogP contribution in [0.5, 0.6) is 0 Å². The third kappa shape index (κ3) is 15.5. The molecule has 1 unspecified atom stereocenters. The number of nitrogens with two attached hydrogens (primary N) is 1. The fourth-order valence-electron chi connectivity index (χ4n) is 0.995. The monoisotopic (exact) mass is 285 g/mol. The largest absolute Gasteiger partial charge is 0.466 e. The van der Waals surface area contributed by atoms with Crippen molar-refractivity contribution >= 4 is 13.8 Å². The van der Waals surface area contributed by atoms with Crippen molar-refractivity contribution in [3.05, 3.63) is 0 Å². The van der Waals surface area contributed by atoms with Crippen molar-refractivity contribution in [2.75, 3.05) is 0 Å². The maximum absolute atomic E-state index is 11.4. The predicted octanol–water partition coefficient (Wildman–Crippen LogP) is 0.917. The van der Waals surface area contributed by atoms with Gasteiger partial charge in [-0.1, -0.05) is 19.8 Å². The van der Waals surface area contributed by atoms with Crippen molar-refractivity contribution in [3.63, 3.8) is 0 Å². The van der Waals surface area contributed by atoms with Crippen molar-refractivity contribution in [1.82, 2.24) is 0 Å². The first kappa shape index (κ1) is 19.9. The summed E-state index contributed by atoms with van der Waals surface area (Å²) in [6, 6.07) is 0. The molecule has 0 rings (SSSR count). The zero-order valence-electron chi connectivity index (χ0n) is 11.3. The van der Waals surface area contributed by atoms with Crippen LogP contribution >= 0.6 is 7.82 Å². The van der Waals surface area contributed by atoms with Gasteiger partial charge in [0.1, 0.15) is 5.54 Å². The standard InChI is InChI=1S/C10H21NO2.H3O4P/c1-5-6-7-10(4,11)9(12)13-8(2)3;1-5(2,3)4/h8H,5-7,11H2,1-4H3;(H3,1,2,3,4). The normalized spacial score (nSPS) is 14.5. The molecule has 0 saturated carbocycles. The summed E-state index contributed by atoms with van der Waals surface area (Å²) in [5, 5.41) is 0. The second kappa shape index (κ2) is 8.61. The van der Waals surface area contributed by atoms with E-state index in [4.69, 9.17) is 29.7 Å². The van der Waals surface area contributed by atoms with Crippen LogP contribution in [0.15, 0.2) is 0 Å². The summed E-state index contributed by atoms with van der Waals surface area (Å²) in [6.07, 6.45) is 2.61. The number of carbonyl (C=O) groups excluding carboxylic acids is 1. The molecule has 0 aliphatic heterocycles. The minimum Gasteiger partial charge on any atom is -0.462 e. The fraction of sp³-hybridized carbons (Fsp3) is 0.900. The van der Waals surface area contributed by atoms with Crippen LogP contribution in [0.3, 0.4) is 0 Å². The van der Waals surface area contributed by atoms with Crippen LogP contribution in [-0.4, -0.2) is 32.3 Å². The topological polar surface area (TPSA) is 130 Å². The number of ether oxygens (including phenoxy) is 1. The molecule has 8 heteroatoms. The van der Waals surface area contributed by atoms with E-state index in [0.29, 0.717) is 6.42 Å². The molecule has 0 aliphatic rings. The van der Waals surface area contributed by atoms with E-state index >= 15 is 0 Å². The molecule has 0 aliphatic carbocycles. The Labute approximate surface area is 108 Å². The molecule has 0 spiro atoms. The molecule has 0 aromatic rings. The van der Waals surface area contributed by atoms with Gasteiger partial charge < -0.3 is 25.2 Å². The highest BCUT2D eigenvalue weighted by Gasteiger charge is 2.29. The average molecular weight is 285 g/mol. The van der Waals surface area contributed by atoms with E-state index in [1.165, 1.54) is 0 Å². The molecule has 0 heterocycles. The van der Waals surface area contributed by atoms with E-state index < -0.39 is 13.4 Å². The molecule has 18 heavy (non-hydrogen) atoms. The van der Waals surface area contributed by atoms with Gasteiger partial charge in [0.15, 0.2) is 0 Å². The molecule has 0 saturated heterocycles. The number of esters is 1. The lowest BCUT2D eigenvalue weighted by Gasteiger charge is -2.23. The summed E-state index contributed by atoms with van der Waals surface area (Å²) in [5.41, 5.74) is 5.00. The van der Waals surface area contributed by atoms with E-state index in [9.17, 15) is 4.79 Å². The van der Waals surface area contributed by atoms with Gasteiger partial charge in [0.05, 0.1) is 6.10 Å². The van der Waals surface area contributed by atoms with Crippen molar-refractivity contribution < 1.29 is 28.8 Å². The van der Waals surface area contributed by atoms with Gasteiger partial charge in [-0.15, -0.1) is 0 Å². The van der Waals surface area contributed by atoms with Crippen molar-refractivity contribution in [2.24, 2.45) is 5.73 Å². The molecule has 1 atom stereocenters. The van der Waals surface area contributed by atoms with E-state index in [0.717, 1.165) is 12.8 Å². The summed E-state index contributed by atoms with van der Waals surface area (Å²) in [7, 11) is -4.64. The summed E-state index contributed by atoms with van der Waals surface area (Å²) >= 11 is 0. The smallest absolute Gasteiger partial charge is 0.462 e. The highest BCUT2D eigenvalue weighted by atomic mass is 31.2. The van der Waals surface area contributed by atoms with E-state index in [2.05, 4.69) is 6.92 Å². The molecule has 0 fully saturated rings. The Bertz CT molecular complexity index is 278. The zero-order chi connectivity index (χ0) is 15.0. The maximum atomic E-state index is 11.4. The summed E-state index contributed by atoms with van der Waals surface area (Å²) in [4.78, 5) is 33.0. The zero-order valence-corrected chi connectivity index (χ0v) is 12.2. The van der Waals surface area contributed by atoms with Crippen molar-refractivity contribution in [1.29, 1.82) is 0 Å². The first-order chi connectivity index (χ1) is 7.90. The van der Waals surface area contributed by atoms with Crippen LogP contribution < -0.4 is 5.73 Å². The second-order valence-electron chi connectivity index (χ2n) is 4.49. The average Bonchev–Trinajstić information content (AvgIpc) is 2.11. The van der Waals surface area contributed by atoms with E-state index in [1.807, 2.05) is 13.8 Å². The molecule has 0 amide bonds. The van der Waals surface area contributed by atoms with Crippen LogP contribution in [0, 0.1) is 0 Å². The SMILES string of the molecule is CCCCC(C)(N)C(=O)OC(C)C.O=P(O)(O)O. The lowest BCUT2D eigenvalue weighted by Crippen LogP contribution is -2.46. The van der Waals surface area contributed by atoms with Gasteiger partial charge in [0.2, 0.25) is 0 Å². The Morgan fingerprint density at radius 1 is 1.39 bits per heavy atom. The summed E-state index contributed by atoms with van der Waals surface area (Å²) in [5.74, 6) is -0.295. The van der Waals surface area contributed by atoms with Gasteiger partial charge in [-0.05, 0) is 27.2 Å². The highest BCUT2D eigenvalue weighted by molar-refractivity contribution is 7.45. The quantitative estimate of drug-likeness (QED) is 0.436. The lowest BCUT2D eigenvalue weighted by molar-refractivity contribution is -0.153. The number of hydrogen-bond acceptors (Lipinski definition) is 4. The number of phosphoric acid groups is 1. The molecule has 0 bridgehead atoms. The molecule has 7 nitrogen and oxygen atoms in total. The minimum atomic E-state index is -4.64. The minimum absolute atomic E-state index is 0.0861. The van der Waals surface area contributed by atoms with Crippen LogP contribution in [0.4, 0.5) is 0 Å². The molecule has 110 valence electrons. The van der Waals surface area contributed by atoms with Crippen LogP contribution in [0.2, 0.25) is 0 Å². The molecule has 0 aromatic heterocycles. The second-order valence-corrected chi connectivity index (χ2v) is 5.51. The van der Waals surface area contributed by atoms with Gasteiger partial charge in [-0.25, -0.2) is 4.57 Å². The molecule has 0 radical (unpaired) electrons. The Morgan fingerprint density at radius 2 is 1.78 bits per heavy atom. The first-order valence-corrected chi connectivity index (χ1v) is 7.25. The Balaban J connectivity index is 0. The van der Waals surface area contributed by atoms with Gasteiger partial charge in [-0.2, -0.15) is 0 Å². The van der Waals surface area contributed by atoms with Crippen LogP contribution in [0.25, 0.3) is 0 Å². The number of hydrogen-bond donors (Lipinski definition) is 4. The lowest BCUT2D eigenvalue weighted by atomic mass is 9.96. The number of carbonyl (C=O) groups is 1. The molecular weight excluding hydrogens is 261 g/mol.